The van der Waals surface area contributed by atoms with Crippen molar-refractivity contribution in [2.75, 3.05) is 54.1 Å². The van der Waals surface area contributed by atoms with Crippen molar-refractivity contribution < 1.29 is 37.3 Å². The van der Waals surface area contributed by atoms with Crippen LogP contribution in [0.4, 0.5) is 0 Å². The van der Waals surface area contributed by atoms with Crippen molar-refractivity contribution in [1.29, 1.82) is 0 Å². The molecule has 0 aliphatic carbocycles. The fourth-order valence-corrected chi connectivity index (χ4v) is 6.82. The molecule has 0 bridgehead atoms. The minimum Gasteiger partial charge on any atom is -0.457 e. The van der Waals surface area contributed by atoms with E-state index in [1.807, 2.05) is 21.1 Å². The highest BCUT2D eigenvalue weighted by Gasteiger charge is 2.26. The molecule has 1 unspecified atom stereocenters. The maximum atomic E-state index is 12.6. The van der Waals surface area contributed by atoms with E-state index < -0.39 is 13.9 Å². The van der Waals surface area contributed by atoms with Gasteiger partial charge in [-0.15, -0.1) is 0 Å². The smallest absolute Gasteiger partial charge is 0.457 e. The van der Waals surface area contributed by atoms with Crippen LogP contribution in [0.3, 0.4) is 0 Å². The number of phosphoric acid groups is 1. The van der Waals surface area contributed by atoms with E-state index in [1.165, 1.54) is 148 Å². The van der Waals surface area contributed by atoms with E-state index in [4.69, 9.17) is 18.5 Å². The first-order valence-electron chi connectivity index (χ1n) is 21.3. The summed E-state index contributed by atoms with van der Waals surface area (Å²) >= 11 is 0. The van der Waals surface area contributed by atoms with Crippen LogP contribution < -0.4 is 0 Å². The summed E-state index contributed by atoms with van der Waals surface area (Å²) in [5.74, 6) is -0.314. The van der Waals surface area contributed by atoms with Gasteiger partial charge in [0.1, 0.15) is 19.3 Å². The summed E-state index contributed by atoms with van der Waals surface area (Å²) in [4.78, 5) is 22.7. The normalized spacial score (nSPS) is 13.8. The van der Waals surface area contributed by atoms with Crippen LogP contribution in [0, 0.1) is 0 Å². The van der Waals surface area contributed by atoms with Gasteiger partial charge < -0.3 is 18.9 Å². The Labute approximate surface area is 310 Å². The number of ether oxygens (including phenoxy) is 2. The molecule has 50 heavy (non-hydrogen) atoms. The SMILES string of the molecule is CCCCCCCCCCCCCCCCCCCCCCOC[C@H](COP(=O)(O)OCC[N+](C)(C)C)OC(=O)CCCCCCCCCC. The molecule has 0 saturated carbocycles. The van der Waals surface area contributed by atoms with E-state index >= 15 is 0 Å². The van der Waals surface area contributed by atoms with Crippen molar-refractivity contribution in [3.05, 3.63) is 0 Å². The van der Waals surface area contributed by atoms with Crippen LogP contribution in [-0.4, -0.2) is 75.6 Å². The zero-order chi connectivity index (χ0) is 37.0. The number of likely N-dealkylation sites (N-methyl/N-ethyl adjacent to an activating group) is 1. The van der Waals surface area contributed by atoms with Gasteiger partial charge in [0.25, 0.3) is 0 Å². The lowest BCUT2D eigenvalue weighted by molar-refractivity contribution is -0.870. The van der Waals surface area contributed by atoms with Gasteiger partial charge in [-0.3, -0.25) is 13.8 Å². The molecule has 0 aromatic rings. The Bertz CT molecular complexity index is 777. The first kappa shape index (κ1) is 49.5. The predicted octanol–water partition coefficient (Wildman–Crippen LogP) is 12.1. The highest BCUT2D eigenvalue weighted by atomic mass is 31.2. The minimum atomic E-state index is -4.26. The second kappa shape index (κ2) is 35.5. The van der Waals surface area contributed by atoms with Gasteiger partial charge in [-0.25, -0.2) is 4.57 Å². The van der Waals surface area contributed by atoms with Crippen molar-refractivity contribution in [1.82, 2.24) is 0 Å². The first-order chi connectivity index (χ1) is 24.1. The number of unbranched alkanes of at least 4 members (excludes halogenated alkanes) is 26. The summed E-state index contributed by atoms with van der Waals surface area (Å²) in [6.45, 7) is 5.64. The van der Waals surface area contributed by atoms with E-state index in [-0.39, 0.29) is 25.8 Å². The fraction of sp³-hybridized carbons (Fsp3) is 0.976. The zero-order valence-corrected chi connectivity index (χ0v) is 34.8. The number of carbonyl (C=O) groups excluding carboxylic acids is 1. The van der Waals surface area contributed by atoms with Crippen LogP contribution in [0.25, 0.3) is 0 Å². The second-order valence-corrected chi connectivity index (χ2v) is 17.2. The van der Waals surface area contributed by atoms with Gasteiger partial charge in [0.15, 0.2) is 0 Å². The molecule has 1 N–H and O–H groups in total. The molecule has 0 radical (unpaired) electrons. The number of quaternary nitrogens is 1. The monoisotopic (exact) mass is 735 g/mol. The lowest BCUT2D eigenvalue weighted by Crippen LogP contribution is -2.37. The number of carbonyl (C=O) groups is 1. The molecule has 0 aliphatic heterocycles. The molecule has 0 amide bonds. The van der Waals surface area contributed by atoms with Crippen molar-refractivity contribution in [3.8, 4) is 0 Å². The maximum Gasteiger partial charge on any atom is 0.472 e. The van der Waals surface area contributed by atoms with Crippen molar-refractivity contribution in [3.63, 3.8) is 0 Å². The quantitative estimate of drug-likeness (QED) is 0.0290. The molecule has 0 saturated heterocycles. The van der Waals surface area contributed by atoms with E-state index in [2.05, 4.69) is 13.8 Å². The maximum absolute atomic E-state index is 12.6. The van der Waals surface area contributed by atoms with Gasteiger partial charge in [0.2, 0.25) is 0 Å². The number of hydrogen-bond acceptors (Lipinski definition) is 6. The summed E-state index contributed by atoms with van der Waals surface area (Å²) in [5.41, 5.74) is 0. The molecular weight excluding hydrogens is 649 g/mol. The minimum absolute atomic E-state index is 0.0934. The third-order valence-corrected chi connectivity index (χ3v) is 10.4. The van der Waals surface area contributed by atoms with E-state index in [0.29, 0.717) is 24.1 Å². The lowest BCUT2D eigenvalue weighted by atomic mass is 10.0. The molecule has 0 fully saturated rings. The van der Waals surface area contributed by atoms with Crippen LogP contribution >= 0.6 is 7.82 Å². The van der Waals surface area contributed by atoms with Gasteiger partial charge in [0.05, 0.1) is 34.4 Å². The van der Waals surface area contributed by atoms with Crippen LogP contribution in [-0.2, 0) is 27.9 Å². The van der Waals surface area contributed by atoms with Crippen LogP contribution in [0.5, 0.6) is 0 Å². The molecule has 0 aromatic carbocycles. The fourth-order valence-electron chi connectivity index (χ4n) is 6.08. The molecule has 0 spiro atoms. The number of nitrogens with zero attached hydrogens (tertiary/aromatic N) is 1. The number of esters is 1. The van der Waals surface area contributed by atoms with E-state index in [9.17, 15) is 14.3 Å². The molecule has 0 aromatic heterocycles. The first-order valence-corrected chi connectivity index (χ1v) is 22.8. The Balaban J connectivity index is 4.05. The second-order valence-electron chi connectivity index (χ2n) is 15.7. The Morgan fingerprint density at radius 2 is 0.920 bits per heavy atom. The van der Waals surface area contributed by atoms with Crippen molar-refractivity contribution in [2.24, 2.45) is 0 Å². The highest BCUT2D eigenvalue weighted by Crippen LogP contribution is 2.43. The molecule has 0 rings (SSSR count). The predicted molar refractivity (Wildman–Crippen MR) is 211 cm³/mol. The van der Waals surface area contributed by atoms with Crippen LogP contribution in [0.2, 0.25) is 0 Å². The lowest BCUT2D eigenvalue weighted by Gasteiger charge is -2.24. The molecular formula is C41H85NO7P+. The van der Waals surface area contributed by atoms with Crippen LogP contribution in [0.1, 0.15) is 200 Å². The molecule has 0 heterocycles. The number of rotatable bonds is 40. The van der Waals surface area contributed by atoms with Gasteiger partial charge >= 0.3 is 13.8 Å². The highest BCUT2D eigenvalue weighted by molar-refractivity contribution is 7.47. The Hall–Kier alpha value is -0.500. The third kappa shape index (κ3) is 38.7. The number of phosphoric ester groups is 1. The standard InChI is InChI=1S/C41H84NO7P/c1-6-8-10-12-14-16-17-18-19-20-21-22-23-24-25-26-27-29-31-33-36-46-38-40(39-48-50(44,45)47-37-35-42(3,4)5)49-41(43)34-32-30-28-15-13-11-9-7-2/h40H,6-39H2,1-5H3/p+1/t40-/m1/s1. The third-order valence-electron chi connectivity index (χ3n) is 9.42. The van der Waals surface area contributed by atoms with Gasteiger partial charge in [0, 0.05) is 13.0 Å². The summed E-state index contributed by atoms with van der Waals surface area (Å²) in [6, 6.07) is 0. The molecule has 8 nitrogen and oxygen atoms in total. The summed E-state index contributed by atoms with van der Waals surface area (Å²) in [5, 5.41) is 0. The topological polar surface area (TPSA) is 91.3 Å². The van der Waals surface area contributed by atoms with Crippen molar-refractivity contribution in [2.45, 2.75) is 206 Å². The van der Waals surface area contributed by atoms with Crippen LogP contribution in [0.15, 0.2) is 0 Å². The molecule has 9 heteroatoms. The molecule has 2 atom stereocenters. The summed E-state index contributed by atoms with van der Waals surface area (Å²) in [7, 11) is 1.68. The molecule has 300 valence electrons. The Kier molecular flexibility index (Phi) is 35.2. The van der Waals surface area contributed by atoms with E-state index in [0.717, 1.165) is 32.1 Å². The van der Waals surface area contributed by atoms with E-state index in [1.54, 1.807) is 0 Å². The number of hydrogen-bond donors (Lipinski definition) is 1. The molecule has 0 aliphatic rings. The van der Waals surface area contributed by atoms with Gasteiger partial charge in [-0.05, 0) is 12.8 Å². The average molecular weight is 735 g/mol. The average Bonchev–Trinajstić information content (AvgIpc) is 3.06. The summed E-state index contributed by atoms with van der Waals surface area (Å²) < 4.78 is 34.9. The largest absolute Gasteiger partial charge is 0.472 e. The summed E-state index contributed by atoms with van der Waals surface area (Å²) in [6.07, 6.45) is 35.7. The zero-order valence-electron chi connectivity index (χ0n) is 33.9. The Morgan fingerprint density at radius 1 is 0.540 bits per heavy atom. The van der Waals surface area contributed by atoms with Gasteiger partial charge in [-0.2, -0.15) is 0 Å². The van der Waals surface area contributed by atoms with Crippen molar-refractivity contribution >= 4 is 13.8 Å². The Morgan fingerprint density at radius 3 is 1.32 bits per heavy atom. The van der Waals surface area contributed by atoms with Gasteiger partial charge in [-0.1, -0.05) is 181 Å².